The average molecular weight is 507 g/mol. The number of hydrogen-bond acceptors (Lipinski definition) is 7. The van der Waals surface area contributed by atoms with Crippen LogP contribution in [0.3, 0.4) is 0 Å². The van der Waals surface area contributed by atoms with Gasteiger partial charge in [-0.3, -0.25) is 10.00 Å². The number of nitrogens with one attached hydrogen (secondary N) is 1. The lowest BCUT2D eigenvalue weighted by atomic mass is 10.1. The summed E-state index contributed by atoms with van der Waals surface area (Å²) >= 11 is 3.29. The molecule has 8 nitrogen and oxygen atoms in total. The molecule has 0 radical (unpaired) electrons. The van der Waals surface area contributed by atoms with Crippen molar-refractivity contribution in [1.29, 1.82) is 0 Å². The molecule has 0 aliphatic carbocycles. The Bertz CT molecular complexity index is 1190. The Balaban J connectivity index is 1.43. The molecule has 31 heavy (non-hydrogen) atoms. The number of H-pyrrole nitrogens is 1. The summed E-state index contributed by atoms with van der Waals surface area (Å²) in [6, 6.07) is 10.0. The molecule has 0 atom stereocenters. The molecule has 1 fully saturated rings. The topological polar surface area (TPSA) is 110 Å². The van der Waals surface area contributed by atoms with Gasteiger partial charge in [-0.2, -0.15) is 5.10 Å². The Morgan fingerprint density at radius 3 is 2.39 bits per heavy atom. The van der Waals surface area contributed by atoms with Crippen LogP contribution in [-0.4, -0.2) is 66.2 Å². The minimum absolute atomic E-state index is 0.0256. The predicted molar refractivity (Wildman–Crippen MR) is 122 cm³/mol. The van der Waals surface area contributed by atoms with Crippen molar-refractivity contribution >= 4 is 31.5 Å². The molecule has 0 saturated carbocycles. The van der Waals surface area contributed by atoms with Crippen molar-refractivity contribution in [1.82, 2.24) is 15.1 Å². The zero-order valence-electron chi connectivity index (χ0n) is 16.9. The first kappa shape index (κ1) is 21.7. The van der Waals surface area contributed by atoms with Gasteiger partial charge in [0, 0.05) is 50.6 Å². The van der Waals surface area contributed by atoms with Crippen molar-refractivity contribution in [2.75, 3.05) is 37.3 Å². The standard InChI is InChI=1S/C21H23BrN4O4S/c1-31(29,30)15-4-2-14(3-5-15)13-25-6-8-26(9-7-25)18-12-23-24-21(18)16-10-17(22)20(28)11-19(16)27/h2-5,10-12,27-28H,6-9,13H2,1H3,(H,23,24). The lowest BCUT2D eigenvalue weighted by molar-refractivity contribution is 0.250. The lowest BCUT2D eigenvalue weighted by Gasteiger charge is -2.36. The molecule has 0 bridgehead atoms. The Morgan fingerprint density at radius 1 is 1.06 bits per heavy atom. The highest BCUT2D eigenvalue weighted by Crippen LogP contribution is 2.40. The highest BCUT2D eigenvalue weighted by molar-refractivity contribution is 9.10. The molecule has 0 spiro atoms. The van der Waals surface area contributed by atoms with Crippen molar-refractivity contribution in [3.63, 3.8) is 0 Å². The summed E-state index contributed by atoms with van der Waals surface area (Å²) in [4.78, 5) is 4.86. The zero-order valence-corrected chi connectivity index (χ0v) is 19.3. The number of nitrogens with zero attached hydrogens (tertiary/aromatic N) is 3. The molecule has 1 aliphatic rings. The molecular formula is C21H23BrN4O4S. The smallest absolute Gasteiger partial charge is 0.175 e. The van der Waals surface area contributed by atoms with Crippen molar-refractivity contribution in [2.45, 2.75) is 11.4 Å². The van der Waals surface area contributed by atoms with Crippen LogP contribution < -0.4 is 4.90 Å². The maximum atomic E-state index is 11.6. The van der Waals surface area contributed by atoms with E-state index in [2.05, 4.69) is 35.9 Å². The van der Waals surface area contributed by atoms with Gasteiger partial charge in [0.1, 0.15) is 11.5 Å². The Morgan fingerprint density at radius 2 is 1.74 bits per heavy atom. The molecule has 2 heterocycles. The lowest BCUT2D eigenvalue weighted by Crippen LogP contribution is -2.46. The molecule has 4 rings (SSSR count). The molecule has 1 saturated heterocycles. The zero-order chi connectivity index (χ0) is 22.2. The Kier molecular flexibility index (Phi) is 5.96. The quantitative estimate of drug-likeness (QED) is 0.487. The predicted octanol–water partition coefficient (Wildman–Crippen LogP) is 2.98. The minimum Gasteiger partial charge on any atom is -0.507 e. The molecule has 2 aromatic carbocycles. The number of hydrogen-bond donors (Lipinski definition) is 3. The van der Waals surface area contributed by atoms with Crippen LogP contribution in [0.1, 0.15) is 5.56 Å². The highest BCUT2D eigenvalue weighted by atomic mass is 79.9. The van der Waals surface area contributed by atoms with Crippen molar-refractivity contribution < 1.29 is 18.6 Å². The van der Waals surface area contributed by atoms with Gasteiger partial charge in [0.25, 0.3) is 0 Å². The van der Waals surface area contributed by atoms with E-state index in [0.29, 0.717) is 20.6 Å². The summed E-state index contributed by atoms with van der Waals surface area (Å²) in [5.41, 5.74) is 3.22. The number of aromatic nitrogens is 2. The van der Waals surface area contributed by atoms with Crippen LogP contribution in [0.25, 0.3) is 11.3 Å². The Hall–Kier alpha value is -2.56. The number of anilines is 1. The first-order valence-electron chi connectivity index (χ1n) is 9.74. The van der Waals surface area contributed by atoms with Crippen LogP contribution in [0, 0.1) is 0 Å². The fourth-order valence-electron chi connectivity index (χ4n) is 3.72. The number of piperazine rings is 1. The number of sulfone groups is 1. The van der Waals surface area contributed by atoms with Gasteiger partial charge in [-0.25, -0.2) is 8.42 Å². The molecular weight excluding hydrogens is 484 g/mol. The summed E-state index contributed by atoms with van der Waals surface area (Å²) in [6.45, 7) is 4.00. The van der Waals surface area contributed by atoms with Crippen molar-refractivity contribution in [2.24, 2.45) is 0 Å². The van der Waals surface area contributed by atoms with E-state index in [0.717, 1.165) is 44.0 Å². The summed E-state index contributed by atoms with van der Waals surface area (Å²) in [5, 5.41) is 27.2. The molecule has 3 aromatic rings. The molecule has 0 amide bonds. The molecule has 3 N–H and O–H groups in total. The highest BCUT2D eigenvalue weighted by Gasteiger charge is 2.23. The number of halogens is 1. The number of aromatic amines is 1. The average Bonchev–Trinajstić information content (AvgIpc) is 3.20. The van der Waals surface area contributed by atoms with Crippen molar-refractivity contribution in [3.8, 4) is 22.8 Å². The van der Waals surface area contributed by atoms with E-state index < -0.39 is 9.84 Å². The van der Waals surface area contributed by atoms with Gasteiger partial charge in [0.15, 0.2) is 9.84 Å². The van der Waals surface area contributed by atoms with Gasteiger partial charge in [-0.05, 0) is 39.7 Å². The fraction of sp³-hybridized carbons (Fsp3) is 0.286. The summed E-state index contributed by atoms with van der Waals surface area (Å²) in [5.74, 6) is -0.0529. The van der Waals surface area contributed by atoms with Gasteiger partial charge in [-0.1, -0.05) is 12.1 Å². The number of rotatable bonds is 5. The van der Waals surface area contributed by atoms with Crippen LogP contribution in [-0.2, 0) is 16.4 Å². The summed E-state index contributed by atoms with van der Waals surface area (Å²) in [6.07, 6.45) is 2.96. The van der Waals surface area contributed by atoms with Crippen LogP contribution in [0.5, 0.6) is 11.5 Å². The fourth-order valence-corrected chi connectivity index (χ4v) is 4.69. The van der Waals surface area contributed by atoms with Gasteiger partial charge in [0.2, 0.25) is 0 Å². The van der Waals surface area contributed by atoms with E-state index >= 15 is 0 Å². The third-order valence-corrected chi connectivity index (χ3v) is 7.19. The molecule has 1 aromatic heterocycles. The SMILES string of the molecule is CS(=O)(=O)c1ccc(CN2CCN(c3cn[nH]c3-c3cc(Br)c(O)cc3O)CC2)cc1. The Labute approximate surface area is 189 Å². The first-order chi connectivity index (χ1) is 14.7. The second-order valence-corrected chi connectivity index (χ2v) is 10.5. The second kappa shape index (κ2) is 8.52. The van der Waals surface area contributed by atoms with Crippen LogP contribution in [0.15, 0.2) is 52.0 Å². The van der Waals surface area contributed by atoms with E-state index in [1.807, 2.05) is 12.1 Å². The monoisotopic (exact) mass is 506 g/mol. The number of phenolic OH excluding ortho intramolecular Hbond substituents is 2. The van der Waals surface area contributed by atoms with Crippen LogP contribution >= 0.6 is 15.9 Å². The largest absolute Gasteiger partial charge is 0.507 e. The second-order valence-electron chi connectivity index (χ2n) is 7.63. The normalized spacial score (nSPS) is 15.4. The van der Waals surface area contributed by atoms with Gasteiger partial charge in [-0.15, -0.1) is 0 Å². The van der Waals surface area contributed by atoms with E-state index in [9.17, 15) is 18.6 Å². The molecule has 0 unspecified atom stereocenters. The van der Waals surface area contributed by atoms with E-state index in [1.165, 1.54) is 12.3 Å². The first-order valence-corrected chi connectivity index (χ1v) is 12.4. The summed E-state index contributed by atoms with van der Waals surface area (Å²) in [7, 11) is -3.18. The van der Waals surface area contributed by atoms with Gasteiger partial charge in [0.05, 0.1) is 26.9 Å². The van der Waals surface area contributed by atoms with Crippen LogP contribution in [0.2, 0.25) is 0 Å². The van der Waals surface area contributed by atoms with Crippen LogP contribution in [0.4, 0.5) is 5.69 Å². The van der Waals surface area contributed by atoms with Gasteiger partial charge < -0.3 is 15.1 Å². The third kappa shape index (κ3) is 4.70. The number of aromatic hydroxyl groups is 2. The number of benzene rings is 2. The maximum absolute atomic E-state index is 11.6. The minimum atomic E-state index is -3.18. The summed E-state index contributed by atoms with van der Waals surface area (Å²) < 4.78 is 23.7. The van der Waals surface area contributed by atoms with E-state index in [-0.39, 0.29) is 11.5 Å². The maximum Gasteiger partial charge on any atom is 0.175 e. The van der Waals surface area contributed by atoms with E-state index in [1.54, 1.807) is 24.4 Å². The number of phenols is 2. The third-order valence-electron chi connectivity index (χ3n) is 5.42. The van der Waals surface area contributed by atoms with Crippen molar-refractivity contribution in [3.05, 3.63) is 52.6 Å². The molecule has 1 aliphatic heterocycles. The molecule has 164 valence electrons. The van der Waals surface area contributed by atoms with E-state index in [4.69, 9.17) is 0 Å². The van der Waals surface area contributed by atoms with Gasteiger partial charge >= 0.3 is 0 Å². The molecule has 10 heteroatoms.